The summed E-state index contributed by atoms with van der Waals surface area (Å²) in [4.78, 5) is 39.2. The molecule has 0 N–H and O–H groups in total. The van der Waals surface area contributed by atoms with E-state index in [9.17, 15) is 19.7 Å². The molecule has 0 aliphatic heterocycles. The lowest BCUT2D eigenvalue weighted by Gasteiger charge is -2.16. The number of carbonyl (C=O) groups is 2. The van der Waals surface area contributed by atoms with Crippen LogP contribution in [0.3, 0.4) is 0 Å². The van der Waals surface area contributed by atoms with Gasteiger partial charge in [-0.15, -0.1) is 0 Å². The fraction of sp³-hybridized carbons (Fsp3) is 0.438. The molecule has 0 bridgehead atoms. The first-order valence-corrected chi connectivity index (χ1v) is 7.13. The number of allylic oxidation sites excluding steroid dienone is 4. The minimum atomic E-state index is -1.23. The van der Waals surface area contributed by atoms with Crippen LogP contribution in [0.4, 0.5) is 0 Å². The van der Waals surface area contributed by atoms with E-state index in [4.69, 9.17) is 4.42 Å². The number of nitro groups is 1. The molecular weight excluding hydrogens is 300 g/mol. The van der Waals surface area contributed by atoms with E-state index < -0.39 is 10.5 Å². The van der Waals surface area contributed by atoms with Crippen LogP contribution in [-0.2, 0) is 16.0 Å². The summed E-state index contributed by atoms with van der Waals surface area (Å²) in [5.41, 5.74) is 0.0411. The van der Waals surface area contributed by atoms with Crippen LogP contribution in [0.2, 0.25) is 0 Å². The Morgan fingerprint density at radius 2 is 1.70 bits per heavy atom. The standard InChI is InChI=1S/C16H18N2O5/c1-8-9(2)15(20)13(10(3)14(8)19)11-7-17-12(23-11)6-16(4,5)18(21)22/h7H,6H2,1-5H3. The molecule has 0 aromatic carbocycles. The van der Waals surface area contributed by atoms with Crippen molar-refractivity contribution >= 4 is 17.1 Å². The van der Waals surface area contributed by atoms with Crippen LogP contribution >= 0.6 is 0 Å². The summed E-state index contributed by atoms with van der Waals surface area (Å²) in [6.45, 7) is 7.70. The Balaban J connectivity index is 2.40. The van der Waals surface area contributed by atoms with Gasteiger partial charge in [-0.05, 0) is 20.8 Å². The zero-order chi connectivity index (χ0) is 17.5. The number of ketones is 2. The van der Waals surface area contributed by atoms with Gasteiger partial charge in [-0.1, -0.05) is 0 Å². The Morgan fingerprint density at radius 1 is 1.13 bits per heavy atom. The van der Waals surface area contributed by atoms with E-state index in [2.05, 4.69) is 4.98 Å². The van der Waals surface area contributed by atoms with Crippen molar-refractivity contribution in [2.75, 3.05) is 0 Å². The third kappa shape index (κ3) is 2.86. The normalized spacial score (nSPS) is 16.4. The highest BCUT2D eigenvalue weighted by molar-refractivity contribution is 6.38. The molecule has 0 fully saturated rings. The molecule has 0 atom stereocenters. The molecule has 2 rings (SSSR count). The molecule has 7 heteroatoms. The van der Waals surface area contributed by atoms with Crippen molar-refractivity contribution in [2.24, 2.45) is 0 Å². The van der Waals surface area contributed by atoms with Crippen molar-refractivity contribution in [1.82, 2.24) is 4.98 Å². The average molecular weight is 318 g/mol. The minimum absolute atomic E-state index is 0.0116. The Morgan fingerprint density at radius 3 is 2.26 bits per heavy atom. The second-order valence-corrected chi connectivity index (χ2v) is 6.27. The molecular formula is C16H18N2O5. The van der Waals surface area contributed by atoms with Crippen molar-refractivity contribution in [3.63, 3.8) is 0 Å². The quantitative estimate of drug-likeness (QED) is 0.480. The summed E-state index contributed by atoms with van der Waals surface area (Å²) in [5, 5.41) is 11.0. The highest BCUT2D eigenvalue weighted by atomic mass is 16.6. The van der Waals surface area contributed by atoms with E-state index in [0.717, 1.165) is 0 Å². The predicted octanol–water partition coefficient (Wildman–Crippen LogP) is 2.53. The highest BCUT2D eigenvalue weighted by Crippen LogP contribution is 2.31. The molecule has 0 radical (unpaired) electrons. The zero-order valence-electron chi connectivity index (χ0n) is 13.7. The molecule has 1 aromatic heterocycles. The van der Waals surface area contributed by atoms with Crippen molar-refractivity contribution < 1.29 is 18.9 Å². The molecule has 1 aliphatic carbocycles. The number of carbonyl (C=O) groups excluding carboxylic acids is 2. The molecule has 0 saturated heterocycles. The molecule has 23 heavy (non-hydrogen) atoms. The van der Waals surface area contributed by atoms with E-state index in [1.165, 1.54) is 20.0 Å². The van der Waals surface area contributed by atoms with E-state index >= 15 is 0 Å². The zero-order valence-corrected chi connectivity index (χ0v) is 13.7. The lowest BCUT2D eigenvalue weighted by molar-refractivity contribution is -0.560. The fourth-order valence-corrected chi connectivity index (χ4v) is 2.33. The molecule has 0 amide bonds. The monoisotopic (exact) mass is 318 g/mol. The minimum Gasteiger partial charge on any atom is -0.440 e. The summed E-state index contributed by atoms with van der Waals surface area (Å²) in [6.07, 6.45) is 1.33. The molecule has 1 aromatic rings. The van der Waals surface area contributed by atoms with Gasteiger partial charge in [0.25, 0.3) is 0 Å². The molecule has 7 nitrogen and oxygen atoms in total. The van der Waals surface area contributed by atoms with Crippen LogP contribution in [0, 0.1) is 10.1 Å². The van der Waals surface area contributed by atoms with Crippen LogP contribution < -0.4 is 0 Å². The third-order valence-electron chi connectivity index (χ3n) is 4.06. The largest absolute Gasteiger partial charge is 0.440 e. The lowest BCUT2D eigenvalue weighted by atomic mass is 9.85. The van der Waals surface area contributed by atoms with Crippen LogP contribution in [0.5, 0.6) is 0 Å². The van der Waals surface area contributed by atoms with Crippen LogP contribution in [0.25, 0.3) is 5.57 Å². The van der Waals surface area contributed by atoms with Crippen LogP contribution in [-0.4, -0.2) is 27.0 Å². The Kier molecular flexibility index (Phi) is 4.07. The average Bonchev–Trinajstić information content (AvgIpc) is 2.90. The number of aromatic nitrogens is 1. The first-order valence-electron chi connectivity index (χ1n) is 7.13. The fourth-order valence-electron chi connectivity index (χ4n) is 2.33. The van der Waals surface area contributed by atoms with Crippen LogP contribution in [0.15, 0.2) is 27.3 Å². The molecule has 0 spiro atoms. The number of oxazole rings is 1. The maximum Gasteiger partial charge on any atom is 0.225 e. The van der Waals surface area contributed by atoms with Gasteiger partial charge in [0.2, 0.25) is 11.4 Å². The van der Waals surface area contributed by atoms with E-state index in [-0.39, 0.29) is 35.2 Å². The molecule has 0 saturated carbocycles. The summed E-state index contributed by atoms with van der Waals surface area (Å²) >= 11 is 0. The maximum absolute atomic E-state index is 12.4. The van der Waals surface area contributed by atoms with Gasteiger partial charge >= 0.3 is 0 Å². The Labute approximate surface area is 133 Å². The highest BCUT2D eigenvalue weighted by Gasteiger charge is 2.35. The first-order chi connectivity index (χ1) is 10.6. The van der Waals surface area contributed by atoms with E-state index in [1.54, 1.807) is 20.8 Å². The van der Waals surface area contributed by atoms with Gasteiger partial charge < -0.3 is 4.42 Å². The van der Waals surface area contributed by atoms with Crippen LogP contribution in [0.1, 0.15) is 46.3 Å². The number of hydrogen-bond acceptors (Lipinski definition) is 6. The SMILES string of the molecule is CC1=C(C)C(=O)C(c2cnc(CC(C)(C)[N+](=O)[O-])o2)=C(C)C1=O. The first kappa shape index (κ1) is 16.8. The Hall–Kier alpha value is -2.57. The second kappa shape index (κ2) is 5.57. The topological polar surface area (TPSA) is 103 Å². The van der Waals surface area contributed by atoms with Gasteiger partial charge in [0.05, 0.1) is 18.2 Å². The summed E-state index contributed by atoms with van der Waals surface area (Å²) < 4.78 is 5.51. The molecule has 1 aliphatic rings. The molecule has 122 valence electrons. The van der Waals surface area contributed by atoms with Gasteiger partial charge in [-0.3, -0.25) is 19.7 Å². The summed E-state index contributed by atoms with van der Waals surface area (Å²) in [7, 11) is 0. The number of rotatable bonds is 4. The van der Waals surface area contributed by atoms with Crippen molar-refractivity contribution in [3.8, 4) is 0 Å². The van der Waals surface area contributed by atoms with Gasteiger partial charge in [0, 0.05) is 35.5 Å². The Bertz CT molecular complexity index is 780. The van der Waals surface area contributed by atoms with Gasteiger partial charge in [0.1, 0.15) is 0 Å². The molecule has 0 unspecified atom stereocenters. The van der Waals surface area contributed by atoms with Gasteiger partial charge in [-0.2, -0.15) is 0 Å². The van der Waals surface area contributed by atoms with Crippen molar-refractivity contribution in [1.29, 1.82) is 0 Å². The third-order valence-corrected chi connectivity index (χ3v) is 4.06. The van der Waals surface area contributed by atoms with E-state index in [1.807, 2.05) is 0 Å². The van der Waals surface area contributed by atoms with Gasteiger partial charge in [0.15, 0.2) is 17.3 Å². The van der Waals surface area contributed by atoms with Gasteiger partial charge in [-0.25, -0.2) is 4.98 Å². The smallest absolute Gasteiger partial charge is 0.225 e. The van der Waals surface area contributed by atoms with Crippen molar-refractivity contribution in [3.05, 3.63) is 44.7 Å². The van der Waals surface area contributed by atoms with E-state index in [0.29, 0.717) is 16.7 Å². The summed E-state index contributed by atoms with van der Waals surface area (Å²) in [6, 6.07) is 0. The maximum atomic E-state index is 12.4. The van der Waals surface area contributed by atoms with Crippen molar-refractivity contribution in [2.45, 2.75) is 46.6 Å². The number of Topliss-reactive ketones (excluding diaryl/α,β-unsaturated/α-hetero) is 2. The summed E-state index contributed by atoms with van der Waals surface area (Å²) in [5.74, 6) is -0.162. The lowest BCUT2D eigenvalue weighted by Crippen LogP contribution is -2.33. The predicted molar refractivity (Wildman–Crippen MR) is 82.3 cm³/mol. The molecule has 1 heterocycles. The number of nitrogens with zero attached hydrogens (tertiary/aromatic N) is 2. The number of hydrogen-bond donors (Lipinski definition) is 0. The second-order valence-electron chi connectivity index (χ2n) is 6.27.